The molecule has 3 N–H and O–H groups in total. The summed E-state index contributed by atoms with van der Waals surface area (Å²) in [5.74, 6) is 5.95. The van der Waals surface area contributed by atoms with Gasteiger partial charge in [-0.1, -0.05) is 31.9 Å². The normalized spacial score (nSPS) is 12.4. The first kappa shape index (κ1) is 16.0. The van der Waals surface area contributed by atoms with Gasteiger partial charge in [-0.2, -0.15) is 0 Å². The zero-order valence-corrected chi connectivity index (χ0v) is 14.4. The maximum absolute atomic E-state index is 13.9. The largest absolute Gasteiger partial charge is 0.271 e. The number of thioether (sulfide) groups is 1. The molecule has 0 aromatic heterocycles. The molecular weight excluding hydrogens is 407 g/mol. The first-order valence-electron chi connectivity index (χ1n) is 5.89. The molecule has 0 aliphatic heterocycles. The van der Waals surface area contributed by atoms with Crippen molar-refractivity contribution in [2.45, 2.75) is 10.9 Å². The minimum Gasteiger partial charge on any atom is -0.271 e. The Labute approximate surface area is 138 Å². The van der Waals surface area contributed by atoms with Gasteiger partial charge >= 0.3 is 0 Å². The van der Waals surface area contributed by atoms with Crippen LogP contribution in [0.4, 0.5) is 4.39 Å². The van der Waals surface area contributed by atoms with Crippen molar-refractivity contribution in [1.29, 1.82) is 0 Å². The number of rotatable bonds is 5. The first-order chi connectivity index (χ1) is 9.60. The second-order valence-corrected chi connectivity index (χ2v) is 7.07. The second-order valence-electron chi connectivity index (χ2n) is 4.15. The molecule has 1 unspecified atom stereocenters. The molecule has 2 rings (SSSR count). The third-order valence-electron chi connectivity index (χ3n) is 2.76. The van der Waals surface area contributed by atoms with Crippen molar-refractivity contribution in [2.75, 3.05) is 5.75 Å². The molecule has 0 fully saturated rings. The quantitative estimate of drug-likeness (QED) is 0.421. The summed E-state index contributed by atoms with van der Waals surface area (Å²) >= 11 is 8.37. The maximum Gasteiger partial charge on any atom is 0.128 e. The molecule has 0 saturated heterocycles. The summed E-state index contributed by atoms with van der Waals surface area (Å²) in [5.41, 5.74) is 3.24. The second kappa shape index (κ2) is 7.56. The van der Waals surface area contributed by atoms with Crippen molar-refractivity contribution in [2.24, 2.45) is 5.84 Å². The van der Waals surface area contributed by atoms with Gasteiger partial charge in [0.05, 0.1) is 6.04 Å². The van der Waals surface area contributed by atoms with Gasteiger partial charge in [-0.05, 0) is 42.5 Å². The van der Waals surface area contributed by atoms with E-state index >= 15 is 0 Å². The van der Waals surface area contributed by atoms with Gasteiger partial charge < -0.3 is 0 Å². The van der Waals surface area contributed by atoms with Crippen LogP contribution in [-0.2, 0) is 0 Å². The molecule has 106 valence electrons. The molecule has 0 saturated carbocycles. The highest BCUT2D eigenvalue weighted by atomic mass is 79.9. The summed E-state index contributed by atoms with van der Waals surface area (Å²) in [4.78, 5) is 1.11. The van der Waals surface area contributed by atoms with E-state index in [1.54, 1.807) is 23.9 Å². The van der Waals surface area contributed by atoms with Crippen LogP contribution in [0.2, 0.25) is 0 Å². The van der Waals surface area contributed by atoms with E-state index in [9.17, 15) is 4.39 Å². The molecule has 6 heteroatoms. The van der Waals surface area contributed by atoms with Crippen LogP contribution < -0.4 is 11.3 Å². The Morgan fingerprint density at radius 2 is 1.75 bits per heavy atom. The van der Waals surface area contributed by atoms with Crippen LogP contribution in [0, 0.1) is 5.82 Å². The SMILES string of the molecule is NNC(CSc1ccc(Br)cc1)c1cc(Br)ccc1F. The lowest BCUT2D eigenvalue weighted by molar-refractivity contribution is 0.546. The van der Waals surface area contributed by atoms with Crippen LogP contribution >= 0.6 is 43.6 Å². The van der Waals surface area contributed by atoms with E-state index < -0.39 is 0 Å². The van der Waals surface area contributed by atoms with E-state index in [-0.39, 0.29) is 11.9 Å². The molecule has 0 aliphatic rings. The Hall–Kier alpha value is -0.400. The van der Waals surface area contributed by atoms with E-state index in [4.69, 9.17) is 5.84 Å². The summed E-state index contributed by atoms with van der Waals surface area (Å²) in [5, 5.41) is 0. The molecule has 2 aromatic rings. The van der Waals surface area contributed by atoms with E-state index in [0.717, 1.165) is 13.8 Å². The molecular formula is C14H13Br2FN2S. The van der Waals surface area contributed by atoms with E-state index in [0.29, 0.717) is 11.3 Å². The summed E-state index contributed by atoms with van der Waals surface area (Å²) in [6.07, 6.45) is 0. The smallest absolute Gasteiger partial charge is 0.128 e. The molecule has 20 heavy (non-hydrogen) atoms. The number of nitrogens with two attached hydrogens (primary N) is 1. The molecule has 2 nitrogen and oxygen atoms in total. The van der Waals surface area contributed by atoms with Crippen molar-refractivity contribution in [3.8, 4) is 0 Å². The standard InChI is InChI=1S/C14H13Br2FN2S/c15-9-1-4-11(5-2-9)20-8-14(19-18)12-7-10(16)3-6-13(12)17/h1-7,14,19H,8,18H2. The molecule has 0 bridgehead atoms. The van der Waals surface area contributed by atoms with Gasteiger partial charge in [-0.25, -0.2) is 4.39 Å². The molecule has 0 spiro atoms. The van der Waals surface area contributed by atoms with Gasteiger partial charge in [0, 0.05) is 25.2 Å². The predicted molar refractivity (Wildman–Crippen MR) is 89.0 cm³/mol. The fraction of sp³-hybridized carbons (Fsp3) is 0.143. The van der Waals surface area contributed by atoms with E-state index in [1.165, 1.54) is 6.07 Å². The van der Waals surface area contributed by atoms with Crippen LogP contribution in [-0.4, -0.2) is 5.75 Å². The first-order valence-corrected chi connectivity index (χ1v) is 8.47. The number of hydrogen-bond donors (Lipinski definition) is 2. The third kappa shape index (κ3) is 4.30. The lowest BCUT2D eigenvalue weighted by Gasteiger charge is -2.17. The van der Waals surface area contributed by atoms with Gasteiger partial charge in [-0.15, -0.1) is 11.8 Å². The molecule has 0 heterocycles. The molecule has 0 amide bonds. The Balaban J connectivity index is 2.09. The van der Waals surface area contributed by atoms with Gasteiger partial charge in [0.2, 0.25) is 0 Å². The number of hydrogen-bond acceptors (Lipinski definition) is 3. The van der Waals surface area contributed by atoms with Crippen LogP contribution in [0.5, 0.6) is 0 Å². The molecule has 0 radical (unpaired) electrons. The summed E-state index contributed by atoms with van der Waals surface area (Å²) < 4.78 is 15.7. The monoisotopic (exact) mass is 418 g/mol. The number of benzene rings is 2. The van der Waals surface area contributed by atoms with Crippen molar-refractivity contribution in [3.05, 3.63) is 62.8 Å². The molecule has 1 atom stereocenters. The summed E-state index contributed by atoms with van der Waals surface area (Å²) in [6.45, 7) is 0. The van der Waals surface area contributed by atoms with Gasteiger partial charge in [0.15, 0.2) is 0 Å². The van der Waals surface area contributed by atoms with Gasteiger partial charge in [-0.3, -0.25) is 11.3 Å². The van der Waals surface area contributed by atoms with Crippen LogP contribution in [0.3, 0.4) is 0 Å². The lowest BCUT2D eigenvalue weighted by atomic mass is 10.1. The zero-order valence-electron chi connectivity index (χ0n) is 10.4. The molecule has 2 aromatic carbocycles. The highest BCUT2D eigenvalue weighted by Crippen LogP contribution is 2.28. The Morgan fingerprint density at radius 3 is 2.40 bits per heavy atom. The van der Waals surface area contributed by atoms with Crippen molar-refractivity contribution < 1.29 is 4.39 Å². The fourth-order valence-corrected chi connectivity index (χ4v) is 3.33. The zero-order chi connectivity index (χ0) is 14.5. The summed E-state index contributed by atoms with van der Waals surface area (Å²) in [6, 6.07) is 12.6. The summed E-state index contributed by atoms with van der Waals surface area (Å²) in [7, 11) is 0. The fourth-order valence-electron chi connectivity index (χ4n) is 1.72. The average molecular weight is 420 g/mol. The lowest BCUT2D eigenvalue weighted by Crippen LogP contribution is -2.30. The minimum atomic E-state index is -0.257. The third-order valence-corrected chi connectivity index (χ3v) is 4.89. The van der Waals surface area contributed by atoms with Crippen molar-refractivity contribution >= 4 is 43.6 Å². The van der Waals surface area contributed by atoms with Gasteiger partial charge in [0.25, 0.3) is 0 Å². The topological polar surface area (TPSA) is 38.0 Å². The predicted octanol–water partition coefficient (Wildman–Crippen LogP) is 4.65. The van der Waals surface area contributed by atoms with Crippen LogP contribution in [0.25, 0.3) is 0 Å². The Kier molecular flexibility index (Phi) is 6.04. The average Bonchev–Trinajstić information content (AvgIpc) is 2.45. The highest BCUT2D eigenvalue weighted by molar-refractivity contribution is 9.10. The van der Waals surface area contributed by atoms with Crippen molar-refractivity contribution in [1.82, 2.24) is 5.43 Å². The van der Waals surface area contributed by atoms with Crippen molar-refractivity contribution in [3.63, 3.8) is 0 Å². The van der Waals surface area contributed by atoms with E-state index in [2.05, 4.69) is 37.3 Å². The maximum atomic E-state index is 13.9. The Morgan fingerprint density at radius 1 is 1.10 bits per heavy atom. The highest BCUT2D eigenvalue weighted by Gasteiger charge is 2.15. The number of nitrogens with one attached hydrogen (secondary N) is 1. The molecule has 0 aliphatic carbocycles. The Bertz CT molecular complexity index is 578. The minimum absolute atomic E-state index is 0.249. The van der Waals surface area contributed by atoms with Crippen LogP contribution in [0.1, 0.15) is 11.6 Å². The van der Waals surface area contributed by atoms with E-state index in [1.807, 2.05) is 24.3 Å². The van der Waals surface area contributed by atoms with Gasteiger partial charge in [0.1, 0.15) is 5.82 Å². The van der Waals surface area contributed by atoms with Crippen LogP contribution in [0.15, 0.2) is 56.3 Å². The number of halogens is 3. The number of hydrazine groups is 1.